The van der Waals surface area contributed by atoms with E-state index in [2.05, 4.69) is 24.1 Å². The molecule has 1 amide bonds. The Balaban J connectivity index is 1.89. The van der Waals surface area contributed by atoms with Crippen LogP contribution in [0.2, 0.25) is 0 Å². The van der Waals surface area contributed by atoms with Gasteiger partial charge in [0.15, 0.2) is 0 Å². The summed E-state index contributed by atoms with van der Waals surface area (Å²) >= 11 is 1.67. The van der Waals surface area contributed by atoms with Crippen molar-refractivity contribution in [3.63, 3.8) is 0 Å². The summed E-state index contributed by atoms with van der Waals surface area (Å²) in [7, 11) is 0. The van der Waals surface area contributed by atoms with Crippen LogP contribution in [-0.4, -0.2) is 41.2 Å². The van der Waals surface area contributed by atoms with Crippen LogP contribution in [0.25, 0.3) is 0 Å². The lowest BCUT2D eigenvalue weighted by Crippen LogP contribution is -2.50. The number of carbonyl (C=O) groups is 1. The molecular weight excluding hydrogens is 310 g/mol. The summed E-state index contributed by atoms with van der Waals surface area (Å²) in [5.74, 6) is 0. The van der Waals surface area contributed by atoms with Crippen molar-refractivity contribution < 1.29 is 9.53 Å². The number of piperidine rings is 1. The molecule has 5 nitrogen and oxygen atoms in total. The molecule has 23 heavy (non-hydrogen) atoms. The van der Waals surface area contributed by atoms with E-state index in [1.807, 2.05) is 37.4 Å². The largest absolute Gasteiger partial charge is 0.444 e. The minimum absolute atomic E-state index is 0.0775. The van der Waals surface area contributed by atoms with Crippen molar-refractivity contribution in [1.82, 2.24) is 15.2 Å². The maximum atomic E-state index is 12.3. The lowest BCUT2D eigenvalue weighted by atomic mass is 9.81. The van der Waals surface area contributed by atoms with Crippen LogP contribution in [0.3, 0.4) is 0 Å². The molecule has 6 heteroatoms. The monoisotopic (exact) mass is 339 g/mol. The molecule has 1 fully saturated rings. The zero-order valence-electron chi connectivity index (χ0n) is 14.9. The Bertz CT molecular complexity index is 512. The summed E-state index contributed by atoms with van der Waals surface area (Å²) in [5.41, 5.74) is 1.50. The molecule has 1 aromatic heterocycles. The number of rotatable bonds is 4. The van der Waals surface area contributed by atoms with Gasteiger partial charge in [0.2, 0.25) is 0 Å². The number of likely N-dealkylation sites (tertiary alicyclic amines) is 1. The van der Waals surface area contributed by atoms with Gasteiger partial charge < -0.3 is 15.0 Å². The van der Waals surface area contributed by atoms with Crippen LogP contribution < -0.4 is 5.32 Å². The van der Waals surface area contributed by atoms with Crippen molar-refractivity contribution >= 4 is 17.4 Å². The van der Waals surface area contributed by atoms with E-state index in [0.29, 0.717) is 0 Å². The van der Waals surface area contributed by atoms with Crippen LogP contribution in [0.15, 0.2) is 11.7 Å². The summed E-state index contributed by atoms with van der Waals surface area (Å²) in [6.45, 7) is 12.5. The number of nitrogens with zero attached hydrogens (tertiary/aromatic N) is 2. The minimum Gasteiger partial charge on any atom is -0.444 e. The Morgan fingerprint density at radius 3 is 2.91 bits per heavy atom. The fourth-order valence-electron chi connectivity index (χ4n) is 2.88. The fraction of sp³-hybridized carbons (Fsp3) is 0.765. The molecule has 2 unspecified atom stereocenters. The molecule has 0 radical (unpaired) electrons. The molecule has 130 valence electrons. The van der Waals surface area contributed by atoms with E-state index in [0.717, 1.165) is 32.5 Å². The molecule has 1 N–H and O–H groups in total. The van der Waals surface area contributed by atoms with E-state index in [-0.39, 0.29) is 17.6 Å². The van der Waals surface area contributed by atoms with Gasteiger partial charge in [0.25, 0.3) is 0 Å². The Morgan fingerprint density at radius 1 is 1.57 bits per heavy atom. The van der Waals surface area contributed by atoms with E-state index < -0.39 is 5.60 Å². The molecule has 1 aliphatic rings. The first-order valence-electron chi connectivity index (χ1n) is 8.28. The number of hydrogen-bond acceptors (Lipinski definition) is 5. The van der Waals surface area contributed by atoms with Crippen molar-refractivity contribution in [3.05, 3.63) is 16.6 Å². The second-order valence-corrected chi connectivity index (χ2v) is 8.74. The van der Waals surface area contributed by atoms with Gasteiger partial charge in [-0.25, -0.2) is 4.79 Å². The highest BCUT2D eigenvalue weighted by Crippen LogP contribution is 2.30. The van der Waals surface area contributed by atoms with Crippen molar-refractivity contribution in [3.8, 4) is 0 Å². The molecule has 2 rings (SSSR count). The molecule has 1 aromatic rings. The zero-order valence-corrected chi connectivity index (χ0v) is 15.7. The van der Waals surface area contributed by atoms with Crippen molar-refractivity contribution in [2.75, 3.05) is 19.6 Å². The Hall–Kier alpha value is -1.14. The first-order chi connectivity index (χ1) is 10.7. The Labute approximate surface area is 143 Å². The third kappa shape index (κ3) is 5.46. The minimum atomic E-state index is -0.441. The number of hydrogen-bond donors (Lipinski definition) is 1. The normalized spacial score (nSPS) is 23.6. The summed E-state index contributed by atoms with van der Waals surface area (Å²) in [4.78, 5) is 19.5. The smallest absolute Gasteiger partial charge is 0.410 e. The highest BCUT2D eigenvalue weighted by molar-refractivity contribution is 7.09. The average Bonchev–Trinajstić information content (AvgIpc) is 2.97. The lowest BCUT2D eigenvalue weighted by Gasteiger charge is -2.41. The van der Waals surface area contributed by atoms with E-state index >= 15 is 0 Å². The molecule has 0 aliphatic carbocycles. The van der Waals surface area contributed by atoms with E-state index in [1.54, 1.807) is 11.3 Å². The number of amides is 1. The SMILES string of the molecule is CC(NCC1(C)CCCN(C(=O)OC(C)(C)C)C1)c1cncs1. The van der Waals surface area contributed by atoms with Crippen LogP contribution in [0, 0.1) is 5.41 Å². The summed E-state index contributed by atoms with van der Waals surface area (Å²) < 4.78 is 5.51. The number of aromatic nitrogens is 1. The molecular formula is C17H29N3O2S. The molecule has 1 saturated heterocycles. The van der Waals surface area contributed by atoms with Crippen molar-refractivity contribution in [2.45, 2.75) is 59.1 Å². The van der Waals surface area contributed by atoms with Gasteiger partial charge in [-0.2, -0.15) is 0 Å². The first kappa shape index (κ1) is 18.2. The highest BCUT2D eigenvalue weighted by atomic mass is 32.1. The van der Waals surface area contributed by atoms with Gasteiger partial charge in [-0.05, 0) is 46.0 Å². The van der Waals surface area contributed by atoms with Crippen LogP contribution in [0.1, 0.15) is 58.4 Å². The number of nitrogens with one attached hydrogen (secondary N) is 1. The molecule has 0 aromatic carbocycles. The van der Waals surface area contributed by atoms with E-state index in [4.69, 9.17) is 4.74 Å². The second kappa shape index (κ2) is 7.18. The second-order valence-electron chi connectivity index (χ2n) is 7.82. The zero-order chi connectivity index (χ0) is 17.1. The van der Waals surface area contributed by atoms with Crippen LogP contribution in [-0.2, 0) is 4.74 Å². The highest BCUT2D eigenvalue weighted by Gasteiger charge is 2.35. The predicted molar refractivity (Wildman–Crippen MR) is 93.7 cm³/mol. The summed E-state index contributed by atoms with van der Waals surface area (Å²) in [5, 5.41) is 3.59. The number of thiazole rings is 1. The van der Waals surface area contributed by atoms with Crippen LogP contribution in [0.4, 0.5) is 4.79 Å². The van der Waals surface area contributed by atoms with Crippen LogP contribution >= 0.6 is 11.3 Å². The molecule has 0 bridgehead atoms. The molecule has 1 aliphatic heterocycles. The maximum Gasteiger partial charge on any atom is 0.410 e. The summed E-state index contributed by atoms with van der Waals surface area (Å²) in [6, 6.07) is 0.288. The van der Waals surface area contributed by atoms with Gasteiger partial charge in [-0.15, -0.1) is 11.3 Å². The van der Waals surface area contributed by atoms with Gasteiger partial charge >= 0.3 is 6.09 Å². The van der Waals surface area contributed by atoms with Gasteiger partial charge in [-0.3, -0.25) is 4.98 Å². The molecule has 2 heterocycles. The molecule has 0 spiro atoms. The predicted octanol–water partition coefficient (Wildman–Crippen LogP) is 3.83. The number of carbonyl (C=O) groups excluding carboxylic acids is 1. The van der Waals surface area contributed by atoms with Crippen LogP contribution in [0.5, 0.6) is 0 Å². The Morgan fingerprint density at radius 2 is 2.30 bits per heavy atom. The van der Waals surface area contributed by atoms with Gasteiger partial charge in [0, 0.05) is 36.8 Å². The van der Waals surface area contributed by atoms with Gasteiger partial charge in [0.05, 0.1) is 5.51 Å². The molecule has 2 atom stereocenters. The van der Waals surface area contributed by atoms with Gasteiger partial charge in [0.1, 0.15) is 5.60 Å². The number of ether oxygens (including phenoxy) is 1. The topological polar surface area (TPSA) is 54.5 Å². The van der Waals surface area contributed by atoms with E-state index in [9.17, 15) is 4.79 Å². The molecule has 0 saturated carbocycles. The maximum absolute atomic E-state index is 12.3. The summed E-state index contributed by atoms with van der Waals surface area (Å²) in [6.07, 6.45) is 3.86. The standard InChI is InChI=1S/C17H29N3O2S/c1-13(14-9-18-12-23-14)19-10-17(5)7-6-8-20(11-17)15(21)22-16(2,3)4/h9,12-13,19H,6-8,10-11H2,1-5H3. The third-order valence-electron chi connectivity index (χ3n) is 4.15. The first-order valence-corrected chi connectivity index (χ1v) is 9.16. The fourth-order valence-corrected chi connectivity index (χ4v) is 3.53. The van der Waals surface area contributed by atoms with Gasteiger partial charge in [-0.1, -0.05) is 6.92 Å². The van der Waals surface area contributed by atoms with E-state index in [1.165, 1.54) is 4.88 Å². The Kier molecular flexibility index (Phi) is 5.68. The lowest BCUT2D eigenvalue weighted by molar-refractivity contribution is 0.00654. The van der Waals surface area contributed by atoms with Crippen molar-refractivity contribution in [2.24, 2.45) is 5.41 Å². The average molecular weight is 340 g/mol. The third-order valence-corrected chi connectivity index (χ3v) is 5.10. The van der Waals surface area contributed by atoms with Crippen molar-refractivity contribution in [1.29, 1.82) is 0 Å². The quantitative estimate of drug-likeness (QED) is 0.906.